The molecule has 106 valence electrons. The summed E-state index contributed by atoms with van der Waals surface area (Å²) in [5.74, 6) is -0.231. The van der Waals surface area contributed by atoms with Crippen LogP contribution in [0.15, 0.2) is 34.8 Å². The molecular formula is C13H15BrF3NO. The van der Waals surface area contributed by atoms with Gasteiger partial charge in [-0.15, -0.1) is 13.2 Å². The van der Waals surface area contributed by atoms with Crippen molar-refractivity contribution in [2.45, 2.75) is 26.3 Å². The molecule has 0 spiro atoms. The van der Waals surface area contributed by atoms with Crippen molar-refractivity contribution >= 4 is 15.9 Å². The van der Waals surface area contributed by atoms with E-state index >= 15 is 0 Å². The van der Waals surface area contributed by atoms with Crippen molar-refractivity contribution in [2.75, 3.05) is 6.54 Å². The second kappa shape index (κ2) is 7.55. The topological polar surface area (TPSA) is 21.3 Å². The Labute approximate surface area is 118 Å². The largest absolute Gasteiger partial charge is 0.573 e. The summed E-state index contributed by atoms with van der Waals surface area (Å²) in [7, 11) is 0. The van der Waals surface area contributed by atoms with Crippen LogP contribution in [-0.4, -0.2) is 12.9 Å². The van der Waals surface area contributed by atoms with Crippen molar-refractivity contribution in [1.82, 2.24) is 5.32 Å². The second-order valence-electron chi connectivity index (χ2n) is 3.85. The van der Waals surface area contributed by atoms with Gasteiger partial charge in [-0.25, -0.2) is 0 Å². The van der Waals surface area contributed by atoms with E-state index in [4.69, 9.17) is 0 Å². The Bertz CT molecular complexity index is 432. The molecule has 0 saturated carbocycles. The lowest BCUT2D eigenvalue weighted by Gasteiger charge is -2.11. The first-order chi connectivity index (χ1) is 8.92. The first-order valence-electron chi connectivity index (χ1n) is 5.78. The number of rotatable bonds is 6. The molecule has 0 unspecified atom stereocenters. The number of ether oxygens (including phenoxy) is 1. The highest BCUT2D eigenvalue weighted by molar-refractivity contribution is 9.10. The molecule has 19 heavy (non-hydrogen) atoms. The van der Waals surface area contributed by atoms with E-state index in [2.05, 4.69) is 26.0 Å². The van der Waals surface area contributed by atoms with Gasteiger partial charge in [0.2, 0.25) is 0 Å². The van der Waals surface area contributed by atoms with Gasteiger partial charge in [-0.05, 0) is 53.5 Å². The van der Waals surface area contributed by atoms with Gasteiger partial charge in [-0.1, -0.05) is 18.2 Å². The minimum absolute atomic E-state index is 0.231. The van der Waals surface area contributed by atoms with Gasteiger partial charge in [-0.3, -0.25) is 0 Å². The van der Waals surface area contributed by atoms with E-state index in [0.717, 1.165) is 18.5 Å². The van der Waals surface area contributed by atoms with E-state index in [0.29, 0.717) is 6.54 Å². The third-order valence-electron chi connectivity index (χ3n) is 2.27. The fourth-order valence-electron chi connectivity index (χ4n) is 1.45. The van der Waals surface area contributed by atoms with Crippen molar-refractivity contribution in [3.63, 3.8) is 0 Å². The predicted octanol–water partition coefficient (Wildman–Crippen LogP) is 4.40. The summed E-state index contributed by atoms with van der Waals surface area (Å²) in [6.07, 6.45) is 0.270. The van der Waals surface area contributed by atoms with E-state index in [-0.39, 0.29) is 10.2 Å². The van der Waals surface area contributed by atoms with Crippen LogP contribution in [-0.2, 0) is 6.54 Å². The number of nitrogens with one attached hydrogen (secondary N) is 1. The molecule has 6 heteroatoms. The van der Waals surface area contributed by atoms with E-state index in [1.165, 1.54) is 6.07 Å². The van der Waals surface area contributed by atoms with Crippen LogP contribution in [0.4, 0.5) is 13.2 Å². The van der Waals surface area contributed by atoms with Crippen LogP contribution in [0.2, 0.25) is 0 Å². The van der Waals surface area contributed by atoms with Gasteiger partial charge in [0.05, 0.1) is 4.47 Å². The summed E-state index contributed by atoms with van der Waals surface area (Å²) in [6.45, 7) is 3.38. The maximum absolute atomic E-state index is 12.1. The molecule has 0 amide bonds. The molecular weight excluding hydrogens is 323 g/mol. The summed E-state index contributed by atoms with van der Waals surface area (Å²) in [5.41, 5.74) is 0.891. The summed E-state index contributed by atoms with van der Waals surface area (Å²) < 4.78 is 40.4. The maximum Gasteiger partial charge on any atom is 0.573 e. The van der Waals surface area contributed by atoms with E-state index < -0.39 is 6.36 Å². The van der Waals surface area contributed by atoms with Crippen molar-refractivity contribution in [3.05, 3.63) is 40.4 Å². The van der Waals surface area contributed by atoms with Gasteiger partial charge in [0.25, 0.3) is 0 Å². The first-order valence-corrected chi connectivity index (χ1v) is 6.57. The zero-order chi connectivity index (χ0) is 14.3. The fraction of sp³-hybridized carbons (Fsp3) is 0.385. The van der Waals surface area contributed by atoms with Crippen LogP contribution in [0, 0.1) is 0 Å². The summed E-state index contributed by atoms with van der Waals surface area (Å²) in [5, 5.41) is 3.20. The first kappa shape index (κ1) is 16.0. The quantitative estimate of drug-likeness (QED) is 0.613. The Morgan fingerprint density at radius 3 is 2.68 bits per heavy atom. The normalized spacial score (nSPS) is 12.1. The Morgan fingerprint density at radius 2 is 2.11 bits per heavy atom. The van der Waals surface area contributed by atoms with E-state index in [1.807, 2.05) is 19.1 Å². The number of benzene rings is 1. The Morgan fingerprint density at radius 1 is 1.37 bits per heavy atom. The molecule has 0 aliphatic heterocycles. The monoisotopic (exact) mass is 337 g/mol. The van der Waals surface area contributed by atoms with Crippen LogP contribution in [0.1, 0.15) is 18.9 Å². The smallest absolute Gasteiger partial charge is 0.405 e. The van der Waals surface area contributed by atoms with E-state index in [1.54, 1.807) is 12.1 Å². The van der Waals surface area contributed by atoms with Crippen LogP contribution in [0.3, 0.4) is 0 Å². The average Bonchev–Trinajstić information content (AvgIpc) is 2.31. The minimum atomic E-state index is -4.67. The van der Waals surface area contributed by atoms with Crippen LogP contribution >= 0.6 is 15.9 Å². The molecule has 0 bridgehead atoms. The summed E-state index contributed by atoms with van der Waals surface area (Å²) in [6, 6.07) is 4.53. The minimum Gasteiger partial charge on any atom is -0.405 e. The number of allylic oxidation sites excluding steroid dienone is 1. The molecule has 0 aromatic heterocycles. The van der Waals surface area contributed by atoms with Gasteiger partial charge >= 0.3 is 6.36 Å². The number of hydrogen-bond acceptors (Lipinski definition) is 2. The molecule has 0 saturated heterocycles. The highest BCUT2D eigenvalue weighted by Crippen LogP contribution is 2.30. The average molecular weight is 338 g/mol. The van der Waals surface area contributed by atoms with Crippen molar-refractivity contribution in [2.24, 2.45) is 0 Å². The Kier molecular flexibility index (Phi) is 6.37. The molecule has 0 radical (unpaired) electrons. The van der Waals surface area contributed by atoms with E-state index in [9.17, 15) is 13.2 Å². The van der Waals surface area contributed by atoms with Gasteiger partial charge in [0.15, 0.2) is 0 Å². The molecule has 0 heterocycles. The molecule has 0 fully saturated rings. The van der Waals surface area contributed by atoms with Gasteiger partial charge in [0, 0.05) is 6.54 Å². The Hall–Kier alpha value is -1.01. The molecule has 0 aliphatic carbocycles. The standard InChI is InChI=1S/C13H15BrF3NO/c1-2-3-4-7-18-9-10-5-6-12(11(14)8-10)19-13(15,16)17/h2-3,5-6,8,18H,4,7,9H2,1H3/b3-2+. The lowest BCUT2D eigenvalue weighted by molar-refractivity contribution is -0.274. The fourth-order valence-corrected chi connectivity index (χ4v) is 1.95. The summed E-state index contributed by atoms with van der Waals surface area (Å²) in [4.78, 5) is 0. The predicted molar refractivity (Wildman–Crippen MR) is 72.0 cm³/mol. The molecule has 1 rings (SSSR count). The molecule has 1 aromatic rings. The molecule has 1 N–H and O–H groups in total. The highest BCUT2D eigenvalue weighted by atomic mass is 79.9. The van der Waals surface area contributed by atoms with Gasteiger partial charge in [-0.2, -0.15) is 0 Å². The number of hydrogen-bond donors (Lipinski definition) is 1. The van der Waals surface area contributed by atoms with Gasteiger partial charge < -0.3 is 10.1 Å². The molecule has 2 nitrogen and oxygen atoms in total. The van der Waals surface area contributed by atoms with Crippen LogP contribution in [0.5, 0.6) is 5.75 Å². The van der Waals surface area contributed by atoms with Crippen molar-refractivity contribution in [1.29, 1.82) is 0 Å². The number of halogens is 4. The lowest BCUT2D eigenvalue weighted by atomic mass is 10.2. The highest BCUT2D eigenvalue weighted by Gasteiger charge is 2.31. The third kappa shape index (κ3) is 6.63. The van der Waals surface area contributed by atoms with Crippen molar-refractivity contribution < 1.29 is 17.9 Å². The zero-order valence-electron chi connectivity index (χ0n) is 10.4. The van der Waals surface area contributed by atoms with Crippen molar-refractivity contribution in [3.8, 4) is 5.75 Å². The third-order valence-corrected chi connectivity index (χ3v) is 2.89. The maximum atomic E-state index is 12.1. The number of alkyl halides is 3. The van der Waals surface area contributed by atoms with Crippen LogP contribution < -0.4 is 10.1 Å². The zero-order valence-corrected chi connectivity index (χ0v) is 12.0. The Balaban J connectivity index is 2.52. The van der Waals surface area contributed by atoms with Crippen LogP contribution in [0.25, 0.3) is 0 Å². The molecule has 0 atom stereocenters. The summed E-state index contributed by atoms with van der Waals surface area (Å²) >= 11 is 3.07. The second-order valence-corrected chi connectivity index (χ2v) is 4.70. The van der Waals surface area contributed by atoms with Gasteiger partial charge in [0.1, 0.15) is 5.75 Å². The lowest BCUT2D eigenvalue weighted by Crippen LogP contribution is -2.18. The molecule has 1 aromatic carbocycles. The molecule has 0 aliphatic rings. The SMILES string of the molecule is C/C=C/CCNCc1ccc(OC(F)(F)F)c(Br)c1.